The van der Waals surface area contributed by atoms with Gasteiger partial charge in [-0.25, -0.2) is 4.90 Å². The molecule has 2 aliphatic rings. The second-order valence-electron chi connectivity index (χ2n) is 6.21. The van der Waals surface area contributed by atoms with E-state index in [0.717, 1.165) is 11.3 Å². The van der Waals surface area contributed by atoms with Gasteiger partial charge in [0, 0.05) is 11.6 Å². The van der Waals surface area contributed by atoms with Crippen LogP contribution in [0, 0.1) is 0 Å². The number of anilines is 1. The molecule has 0 spiro atoms. The van der Waals surface area contributed by atoms with Gasteiger partial charge in [0.15, 0.2) is 17.5 Å². The molecule has 2 aromatic carbocycles. The maximum Gasteiger partial charge on any atom is 0.292 e. The van der Waals surface area contributed by atoms with Crippen molar-refractivity contribution in [2.24, 2.45) is 0 Å². The minimum atomic E-state index is -0.431. The summed E-state index contributed by atoms with van der Waals surface area (Å²) >= 11 is 0. The number of hydrogen-bond donors (Lipinski definition) is 1. The van der Waals surface area contributed by atoms with Crippen LogP contribution < -0.4 is 24.4 Å². The van der Waals surface area contributed by atoms with Crippen molar-refractivity contribution in [2.45, 2.75) is 19.0 Å². The first-order chi connectivity index (χ1) is 12.7. The predicted molar refractivity (Wildman–Crippen MR) is 92.1 cm³/mol. The number of ether oxygens (including phenoxy) is 3. The van der Waals surface area contributed by atoms with Gasteiger partial charge >= 0.3 is 0 Å². The van der Waals surface area contributed by atoms with Crippen LogP contribution in [0.25, 0.3) is 0 Å². The Morgan fingerprint density at radius 3 is 2.85 bits per heavy atom. The molecule has 26 heavy (non-hydrogen) atoms. The van der Waals surface area contributed by atoms with Crippen LogP contribution in [-0.2, 0) is 16.1 Å². The summed E-state index contributed by atoms with van der Waals surface area (Å²) < 4.78 is 15.8. The number of nitrogens with two attached hydrogens (primary N) is 1. The van der Waals surface area contributed by atoms with Gasteiger partial charge in [0.1, 0.15) is 12.3 Å². The molecule has 2 heterocycles. The number of carbonyl (C=O) groups excluding carboxylic acids is 2. The Hall–Kier alpha value is -3.06. The van der Waals surface area contributed by atoms with E-state index in [4.69, 9.17) is 14.2 Å². The molecule has 1 saturated heterocycles. The number of fused-ring (bicyclic) bond motifs is 1. The number of benzene rings is 2. The lowest BCUT2D eigenvalue weighted by Crippen LogP contribution is -2.90. The van der Waals surface area contributed by atoms with Crippen LogP contribution in [0.2, 0.25) is 0 Å². The number of hydrogen-bond acceptors (Lipinski definition) is 5. The number of rotatable bonds is 5. The molecule has 2 aliphatic heterocycles. The van der Waals surface area contributed by atoms with E-state index >= 15 is 0 Å². The van der Waals surface area contributed by atoms with Crippen LogP contribution >= 0.6 is 0 Å². The lowest BCUT2D eigenvalue weighted by Gasteiger charge is -2.15. The van der Waals surface area contributed by atoms with Gasteiger partial charge in [-0.05, 0) is 30.3 Å². The molecule has 4 rings (SSSR count). The van der Waals surface area contributed by atoms with Crippen molar-refractivity contribution in [2.75, 3.05) is 18.8 Å². The Labute approximate surface area is 150 Å². The second-order valence-corrected chi connectivity index (χ2v) is 6.21. The molecular formula is C19H19N2O5+. The number of amides is 2. The van der Waals surface area contributed by atoms with Crippen LogP contribution in [0.4, 0.5) is 5.69 Å². The van der Waals surface area contributed by atoms with Gasteiger partial charge < -0.3 is 19.5 Å². The molecule has 0 aliphatic carbocycles. The van der Waals surface area contributed by atoms with Gasteiger partial charge in [0.05, 0.1) is 19.2 Å². The van der Waals surface area contributed by atoms with Gasteiger partial charge in [0.2, 0.25) is 12.7 Å². The molecule has 2 aromatic rings. The molecule has 0 bridgehead atoms. The molecule has 7 nitrogen and oxygen atoms in total. The molecule has 134 valence electrons. The quantitative estimate of drug-likeness (QED) is 0.803. The number of quaternary nitrogens is 1. The summed E-state index contributed by atoms with van der Waals surface area (Å²) in [5.74, 6) is 1.64. The van der Waals surface area contributed by atoms with E-state index in [9.17, 15) is 9.59 Å². The molecule has 1 fully saturated rings. The monoisotopic (exact) mass is 355 g/mol. The molecule has 0 aromatic heterocycles. The SMILES string of the molecule is COc1cccc(N2C(=O)C[C@H]([NH2+]Cc3ccc4c(c3)OCO4)C2=O)c1. The Balaban J connectivity index is 1.45. The summed E-state index contributed by atoms with van der Waals surface area (Å²) in [6, 6.07) is 12.2. The highest BCUT2D eigenvalue weighted by molar-refractivity contribution is 6.21. The summed E-state index contributed by atoms with van der Waals surface area (Å²) in [7, 11) is 1.55. The average Bonchev–Trinajstić information content (AvgIpc) is 3.23. The first kappa shape index (κ1) is 16.4. The van der Waals surface area contributed by atoms with Crippen LogP contribution in [-0.4, -0.2) is 31.8 Å². The van der Waals surface area contributed by atoms with Crippen molar-refractivity contribution >= 4 is 17.5 Å². The molecule has 0 unspecified atom stereocenters. The van der Waals surface area contributed by atoms with Crippen molar-refractivity contribution in [3.8, 4) is 17.2 Å². The third-order valence-electron chi connectivity index (χ3n) is 4.57. The molecule has 1 atom stereocenters. The van der Waals surface area contributed by atoms with E-state index in [0.29, 0.717) is 23.7 Å². The Kier molecular flexibility index (Phi) is 4.22. The standard InChI is InChI=1S/C19H18N2O5/c1-24-14-4-2-3-13(8-14)21-18(22)9-15(19(21)23)20-10-12-5-6-16-17(7-12)26-11-25-16/h2-8,15,20H,9-11H2,1H3/p+1/t15-/m0/s1. The van der Waals surface area contributed by atoms with Gasteiger partial charge in [-0.2, -0.15) is 0 Å². The topological polar surface area (TPSA) is 81.7 Å². The Morgan fingerprint density at radius 2 is 2.00 bits per heavy atom. The van der Waals surface area contributed by atoms with Crippen LogP contribution in [0.5, 0.6) is 17.2 Å². The van der Waals surface area contributed by atoms with Crippen LogP contribution in [0.3, 0.4) is 0 Å². The minimum absolute atomic E-state index is 0.181. The third-order valence-corrected chi connectivity index (χ3v) is 4.57. The van der Waals surface area contributed by atoms with Crippen molar-refractivity contribution < 1.29 is 29.1 Å². The first-order valence-corrected chi connectivity index (χ1v) is 8.38. The summed E-state index contributed by atoms with van der Waals surface area (Å²) in [6.07, 6.45) is 0.181. The summed E-state index contributed by atoms with van der Waals surface area (Å²) in [5.41, 5.74) is 1.55. The molecule has 2 amide bonds. The lowest BCUT2D eigenvalue weighted by atomic mass is 10.1. The zero-order valence-electron chi connectivity index (χ0n) is 14.3. The van der Waals surface area contributed by atoms with E-state index in [1.165, 1.54) is 4.90 Å². The fourth-order valence-corrected chi connectivity index (χ4v) is 3.21. The second kappa shape index (κ2) is 6.68. The number of imide groups is 1. The molecule has 0 saturated carbocycles. The number of nitrogens with zero attached hydrogens (tertiary/aromatic N) is 1. The fraction of sp³-hybridized carbons (Fsp3) is 0.263. The van der Waals surface area contributed by atoms with E-state index < -0.39 is 6.04 Å². The molecular weight excluding hydrogens is 336 g/mol. The largest absolute Gasteiger partial charge is 0.497 e. The normalized spacial score (nSPS) is 18.5. The van der Waals surface area contributed by atoms with Gasteiger partial charge in [-0.3, -0.25) is 9.59 Å². The van der Waals surface area contributed by atoms with E-state index in [-0.39, 0.29) is 25.0 Å². The smallest absolute Gasteiger partial charge is 0.292 e. The maximum atomic E-state index is 12.7. The van der Waals surface area contributed by atoms with Crippen molar-refractivity contribution in [1.29, 1.82) is 0 Å². The van der Waals surface area contributed by atoms with E-state index in [2.05, 4.69) is 0 Å². The van der Waals surface area contributed by atoms with Crippen LogP contribution in [0.15, 0.2) is 42.5 Å². The number of carbonyl (C=O) groups is 2. The average molecular weight is 355 g/mol. The van der Waals surface area contributed by atoms with Crippen molar-refractivity contribution in [3.63, 3.8) is 0 Å². The van der Waals surface area contributed by atoms with E-state index in [1.54, 1.807) is 31.4 Å². The van der Waals surface area contributed by atoms with Crippen molar-refractivity contribution in [1.82, 2.24) is 0 Å². The Bertz CT molecular complexity index is 867. The van der Waals surface area contributed by atoms with E-state index in [1.807, 2.05) is 23.5 Å². The van der Waals surface area contributed by atoms with Gasteiger partial charge in [-0.1, -0.05) is 6.07 Å². The minimum Gasteiger partial charge on any atom is -0.497 e. The summed E-state index contributed by atoms with van der Waals surface area (Å²) in [5, 5.41) is 1.89. The fourth-order valence-electron chi connectivity index (χ4n) is 3.21. The Morgan fingerprint density at radius 1 is 1.15 bits per heavy atom. The maximum absolute atomic E-state index is 12.7. The lowest BCUT2D eigenvalue weighted by molar-refractivity contribution is -0.690. The van der Waals surface area contributed by atoms with Gasteiger partial charge in [0.25, 0.3) is 5.91 Å². The highest BCUT2D eigenvalue weighted by Gasteiger charge is 2.42. The third kappa shape index (κ3) is 2.97. The molecule has 0 radical (unpaired) electrons. The zero-order chi connectivity index (χ0) is 18.1. The van der Waals surface area contributed by atoms with Gasteiger partial charge in [-0.15, -0.1) is 0 Å². The highest BCUT2D eigenvalue weighted by Crippen LogP contribution is 2.32. The highest BCUT2D eigenvalue weighted by atomic mass is 16.7. The summed E-state index contributed by atoms with van der Waals surface area (Å²) in [4.78, 5) is 26.3. The first-order valence-electron chi connectivity index (χ1n) is 8.38. The number of methoxy groups -OCH3 is 1. The summed E-state index contributed by atoms with van der Waals surface area (Å²) in [6.45, 7) is 0.805. The predicted octanol–water partition coefficient (Wildman–Crippen LogP) is 0.819. The molecule has 2 N–H and O–H groups in total. The van der Waals surface area contributed by atoms with Crippen molar-refractivity contribution in [3.05, 3.63) is 48.0 Å². The van der Waals surface area contributed by atoms with Crippen LogP contribution in [0.1, 0.15) is 12.0 Å². The molecule has 7 heteroatoms. The zero-order valence-corrected chi connectivity index (χ0v) is 14.3.